The maximum Gasteiger partial charge on any atom is 0.228 e. The lowest BCUT2D eigenvalue weighted by molar-refractivity contribution is -0.121. The Morgan fingerprint density at radius 1 is 1.32 bits per heavy atom. The van der Waals surface area contributed by atoms with Gasteiger partial charge in [-0.05, 0) is 32.0 Å². The van der Waals surface area contributed by atoms with Crippen LogP contribution in [-0.2, 0) is 18.4 Å². The normalized spacial score (nSPS) is 15.6. The molecule has 0 atom stereocenters. The molecule has 146 valence electrons. The molecular weight excluding hydrogens is 420 g/mol. The Labute approximate surface area is 172 Å². The number of nitrogens with zero attached hydrogens (tertiary/aromatic N) is 4. The number of rotatable bonds is 5. The van der Waals surface area contributed by atoms with Crippen molar-refractivity contribution >= 4 is 27.7 Å². The molecule has 1 aliphatic rings. The van der Waals surface area contributed by atoms with Crippen molar-refractivity contribution in [3.05, 3.63) is 53.0 Å². The van der Waals surface area contributed by atoms with Crippen LogP contribution in [0.5, 0.6) is 0 Å². The van der Waals surface area contributed by atoms with Gasteiger partial charge in [0.1, 0.15) is 5.82 Å². The largest absolute Gasteiger partial charge is 0.337 e. The Balaban J connectivity index is 1.32. The van der Waals surface area contributed by atoms with Crippen molar-refractivity contribution in [2.45, 2.75) is 19.4 Å². The third-order valence-electron chi connectivity index (χ3n) is 5.24. The smallest absolute Gasteiger partial charge is 0.228 e. The highest BCUT2D eigenvalue weighted by molar-refractivity contribution is 9.10. The van der Waals surface area contributed by atoms with E-state index >= 15 is 0 Å². The number of piperidine rings is 1. The molecule has 1 aliphatic heterocycles. The Hall–Kier alpha value is -2.45. The highest BCUT2D eigenvalue weighted by Gasteiger charge is 2.26. The summed E-state index contributed by atoms with van der Waals surface area (Å²) in [6.45, 7) is 2.62. The minimum Gasteiger partial charge on any atom is -0.337 e. The first kappa shape index (κ1) is 18.9. The van der Waals surface area contributed by atoms with E-state index in [0.29, 0.717) is 5.82 Å². The summed E-state index contributed by atoms with van der Waals surface area (Å²) in [6.07, 6.45) is 5.47. The van der Waals surface area contributed by atoms with E-state index in [1.807, 2.05) is 54.3 Å². The first-order valence-electron chi connectivity index (χ1n) is 9.40. The molecule has 1 amide bonds. The number of carbonyl (C=O) groups excluding carboxylic acids is 1. The number of benzene rings is 1. The maximum atomic E-state index is 12.6. The zero-order valence-electron chi connectivity index (χ0n) is 15.7. The molecule has 0 radical (unpaired) electrons. The fraction of sp³-hybridized carbons (Fsp3) is 0.350. The monoisotopic (exact) mass is 442 g/mol. The maximum absolute atomic E-state index is 12.6. The Morgan fingerprint density at radius 3 is 2.82 bits per heavy atom. The van der Waals surface area contributed by atoms with Crippen LogP contribution >= 0.6 is 15.9 Å². The lowest BCUT2D eigenvalue weighted by atomic mass is 9.96. The number of hydrogen-bond acceptors (Lipinski definition) is 4. The number of carbonyl (C=O) groups is 1. The summed E-state index contributed by atoms with van der Waals surface area (Å²) >= 11 is 3.54. The molecule has 1 aromatic carbocycles. The van der Waals surface area contributed by atoms with Crippen molar-refractivity contribution in [3.8, 4) is 11.3 Å². The van der Waals surface area contributed by atoms with Crippen molar-refractivity contribution < 1.29 is 4.79 Å². The summed E-state index contributed by atoms with van der Waals surface area (Å²) in [4.78, 5) is 19.4. The number of amides is 1. The standard InChI is InChI=1S/C20H23BrN6O/c1-26-11-8-22-19(26)13-27-9-6-14(7-10-27)20(28)23-18-12-17(24-25-18)15-4-2-3-5-16(15)21/h2-5,8,11-12,14H,6-7,9-10,13H2,1H3,(H2,23,24,25,28). The van der Waals surface area contributed by atoms with E-state index in [-0.39, 0.29) is 11.8 Å². The summed E-state index contributed by atoms with van der Waals surface area (Å²) in [5.41, 5.74) is 1.88. The summed E-state index contributed by atoms with van der Waals surface area (Å²) in [7, 11) is 2.01. The molecule has 28 heavy (non-hydrogen) atoms. The van der Waals surface area contributed by atoms with Crippen LogP contribution in [0.15, 0.2) is 47.2 Å². The number of likely N-dealkylation sites (tertiary alicyclic amines) is 1. The number of aryl methyl sites for hydroxylation is 1. The summed E-state index contributed by atoms with van der Waals surface area (Å²) < 4.78 is 3.02. The van der Waals surface area contributed by atoms with Gasteiger partial charge < -0.3 is 9.88 Å². The van der Waals surface area contributed by atoms with Gasteiger partial charge in [-0.15, -0.1) is 0 Å². The topological polar surface area (TPSA) is 78.8 Å². The van der Waals surface area contributed by atoms with Crippen molar-refractivity contribution in [1.29, 1.82) is 0 Å². The van der Waals surface area contributed by atoms with Gasteiger partial charge in [-0.25, -0.2) is 4.98 Å². The molecule has 0 spiro atoms. The zero-order chi connectivity index (χ0) is 19.5. The van der Waals surface area contributed by atoms with E-state index in [1.165, 1.54) is 0 Å². The number of halogens is 1. The minimum atomic E-state index is 0.0150. The number of hydrogen-bond donors (Lipinski definition) is 2. The highest BCUT2D eigenvalue weighted by Crippen LogP contribution is 2.28. The summed E-state index contributed by atoms with van der Waals surface area (Å²) in [5.74, 6) is 1.67. The van der Waals surface area contributed by atoms with Gasteiger partial charge in [0, 0.05) is 41.5 Å². The second-order valence-corrected chi connectivity index (χ2v) is 8.00. The fourth-order valence-corrected chi connectivity index (χ4v) is 4.03. The average Bonchev–Trinajstić information content (AvgIpc) is 3.32. The van der Waals surface area contributed by atoms with Gasteiger partial charge >= 0.3 is 0 Å². The Morgan fingerprint density at radius 2 is 2.11 bits per heavy atom. The van der Waals surface area contributed by atoms with E-state index in [9.17, 15) is 4.79 Å². The van der Waals surface area contributed by atoms with Crippen LogP contribution in [0, 0.1) is 5.92 Å². The Bertz CT molecular complexity index is 957. The van der Waals surface area contributed by atoms with Crippen LogP contribution in [0.4, 0.5) is 5.82 Å². The van der Waals surface area contributed by atoms with E-state index in [1.54, 1.807) is 0 Å². The van der Waals surface area contributed by atoms with Crippen LogP contribution < -0.4 is 5.32 Å². The summed E-state index contributed by atoms with van der Waals surface area (Å²) in [5, 5.41) is 10.2. The highest BCUT2D eigenvalue weighted by atomic mass is 79.9. The molecule has 0 saturated carbocycles. The van der Waals surface area contributed by atoms with Crippen LogP contribution in [-0.4, -0.2) is 43.6 Å². The first-order chi connectivity index (χ1) is 13.6. The molecule has 3 heterocycles. The summed E-state index contributed by atoms with van der Waals surface area (Å²) in [6, 6.07) is 9.78. The van der Waals surface area contributed by atoms with Gasteiger partial charge in [0.2, 0.25) is 5.91 Å². The van der Waals surface area contributed by atoms with Crippen molar-refractivity contribution in [2.24, 2.45) is 13.0 Å². The second-order valence-electron chi connectivity index (χ2n) is 7.14. The molecule has 1 saturated heterocycles. The number of anilines is 1. The van der Waals surface area contributed by atoms with Gasteiger partial charge in [-0.1, -0.05) is 34.1 Å². The van der Waals surface area contributed by atoms with Gasteiger partial charge in [0.25, 0.3) is 0 Å². The SMILES string of the molecule is Cn1ccnc1CN1CCC(C(=O)Nc2cc(-c3ccccc3Br)[nH]n2)CC1. The number of H-pyrrole nitrogens is 1. The Kier molecular flexibility index (Phi) is 5.59. The van der Waals surface area contributed by atoms with Crippen LogP contribution in [0.25, 0.3) is 11.3 Å². The van der Waals surface area contributed by atoms with Gasteiger partial charge in [-0.3, -0.25) is 14.8 Å². The van der Waals surface area contributed by atoms with E-state index < -0.39 is 0 Å². The fourth-order valence-electron chi connectivity index (χ4n) is 3.53. The molecular formula is C20H23BrN6O. The van der Waals surface area contributed by atoms with Gasteiger partial charge in [0.15, 0.2) is 5.82 Å². The van der Waals surface area contributed by atoms with Crippen molar-refractivity contribution in [2.75, 3.05) is 18.4 Å². The molecule has 7 nitrogen and oxygen atoms in total. The predicted molar refractivity (Wildman–Crippen MR) is 112 cm³/mol. The van der Waals surface area contributed by atoms with E-state index in [4.69, 9.17) is 0 Å². The first-order valence-corrected chi connectivity index (χ1v) is 10.2. The van der Waals surface area contributed by atoms with E-state index in [0.717, 1.165) is 54.0 Å². The zero-order valence-corrected chi connectivity index (χ0v) is 17.3. The van der Waals surface area contributed by atoms with Crippen LogP contribution in [0.3, 0.4) is 0 Å². The number of nitrogens with one attached hydrogen (secondary N) is 2. The molecule has 0 aliphatic carbocycles. The van der Waals surface area contributed by atoms with Crippen LogP contribution in [0.1, 0.15) is 18.7 Å². The average molecular weight is 443 g/mol. The quantitative estimate of drug-likeness (QED) is 0.634. The number of imidazole rings is 1. The van der Waals surface area contributed by atoms with Crippen LogP contribution in [0.2, 0.25) is 0 Å². The third kappa shape index (κ3) is 4.18. The van der Waals surface area contributed by atoms with Gasteiger partial charge in [0.05, 0.1) is 12.2 Å². The second kappa shape index (κ2) is 8.28. The molecule has 0 unspecified atom stereocenters. The molecule has 4 rings (SSSR count). The predicted octanol–water partition coefficient (Wildman–Crippen LogP) is 3.42. The van der Waals surface area contributed by atoms with E-state index in [2.05, 4.69) is 41.3 Å². The molecule has 2 aromatic heterocycles. The minimum absolute atomic E-state index is 0.0150. The number of aromatic nitrogens is 4. The third-order valence-corrected chi connectivity index (χ3v) is 5.93. The van der Waals surface area contributed by atoms with Crippen molar-refractivity contribution in [1.82, 2.24) is 24.6 Å². The lowest BCUT2D eigenvalue weighted by Crippen LogP contribution is -2.38. The van der Waals surface area contributed by atoms with Gasteiger partial charge in [-0.2, -0.15) is 5.10 Å². The van der Waals surface area contributed by atoms with Crippen molar-refractivity contribution in [3.63, 3.8) is 0 Å². The molecule has 3 aromatic rings. The molecule has 2 N–H and O–H groups in total. The lowest BCUT2D eigenvalue weighted by Gasteiger charge is -2.30. The molecule has 8 heteroatoms. The molecule has 0 bridgehead atoms. The molecule has 1 fully saturated rings. The number of aromatic amines is 1.